The number of nitrogens with one attached hydrogen (secondary N) is 1. The lowest BCUT2D eigenvalue weighted by molar-refractivity contribution is -0.115. The molecule has 1 N–H and O–H groups in total. The number of anilines is 1. The summed E-state index contributed by atoms with van der Waals surface area (Å²) in [7, 11) is -3.53. The van der Waals surface area contributed by atoms with Gasteiger partial charge in [-0.1, -0.05) is 43.3 Å². The lowest BCUT2D eigenvalue weighted by Gasteiger charge is -2.18. The summed E-state index contributed by atoms with van der Waals surface area (Å²) in [5.74, 6) is -0.126. The largest absolute Gasteiger partial charge is 0.325 e. The van der Waals surface area contributed by atoms with E-state index in [4.69, 9.17) is 0 Å². The van der Waals surface area contributed by atoms with Gasteiger partial charge in [0, 0.05) is 25.0 Å². The summed E-state index contributed by atoms with van der Waals surface area (Å²) in [6.07, 6.45) is 1.35. The molecule has 28 heavy (non-hydrogen) atoms. The van der Waals surface area contributed by atoms with E-state index in [0.717, 1.165) is 16.8 Å². The van der Waals surface area contributed by atoms with Crippen LogP contribution < -0.4 is 5.32 Å². The minimum atomic E-state index is -3.53. The lowest BCUT2D eigenvalue weighted by atomic mass is 10.1. The maximum atomic E-state index is 12.5. The Hall–Kier alpha value is -1.90. The van der Waals surface area contributed by atoms with Crippen molar-refractivity contribution >= 4 is 33.4 Å². The van der Waals surface area contributed by atoms with Crippen molar-refractivity contribution < 1.29 is 13.2 Å². The van der Waals surface area contributed by atoms with Crippen LogP contribution in [0.5, 0.6) is 0 Å². The number of pyridine rings is 1. The molecule has 1 aromatic heterocycles. The van der Waals surface area contributed by atoms with E-state index in [1.807, 2.05) is 32.0 Å². The molecule has 0 bridgehead atoms. The van der Waals surface area contributed by atoms with Crippen molar-refractivity contribution in [2.24, 2.45) is 0 Å². The molecule has 1 amide bonds. The molecule has 0 saturated carbocycles. The van der Waals surface area contributed by atoms with Gasteiger partial charge in [-0.2, -0.15) is 4.31 Å². The number of nitrogens with zero attached hydrogens (tertiary/aromatic N) is 2. The maximum absolute atomic E-state index is 12.5. The molecule has 0 aliphatic rings. The van der Waals surface area contributed by atoms with Crippen LogP contribution in [0, 0.1) is 13.8 Å². The highest BCUT2D eigenvalue weighted by Crippen LogP contribution is 2.25. The summed E-state index contributed by atoms with van der Waals surface area (Å²) < 4.78 is 26.4. The van der Waals surface area contributed by atoms with Crippen LogP contribution in [0.1, 0.15) is 31.9 Å². The number of amides is 1. The first-order valence-electron chi connectivity index (χ1n) is 9.20. The van der Waals surface area contributed by atoms with Gasteiger partial charge in [-0.25, -0.2) is 13.4 Å². The van der Waals surface area contributed by atoms with Gasteiger partial charge in [-0.15, -0.1) is 0 Å². The highest BCUT2D eigenvalue weighted by atomic mass is 32.2. The Bertz CT molecular complexity index is 924. The third kappa shape index (κ3) is 5.33. The molecule has 1 heterocycles. The summed E-state index contributed by atoms with van der Waals surface area (Å²) in [5, 5.41) is 3.16. The molecule has 0 aliphatic carbocycles. The number of aromatic nitrogens is 1. The smallest absolute Gasteiger partial charge is 0.244 e. The first-order valence-corrected chi connectivity index (χ1v) is 11.5. The molecule has 0 radical (unpaired) electrons. The Kier molecular flexibility index (Phi) is 7.63. The Morgan fingerprint density at radius 2 is 1.86 bits per heavy atom. The Morgan fingerprint density at radius 1 is 1.18 bits per heavy atom. The van der Waals surface area contributed by atoms with Crippen LogP contribution in [0.4, 0.5) is 5.69 Å². The van der Waals surface area contributed by atoms with Crippen molar-refractivity contribution in [3.63, 3.8) is 0 Å². The van der Waals surface area contributed by atoms with Gasteiger partial charge in [0.05, 0.1) is 10.3 Å². The SMILES string of the molecule is CCN(CC)S(=O)(=O)c1ccc(SC(C)C(=O)Nc2ccc(C)cc2C)nc1. The van der Waals surface area contributed by atoms with Gasteiger partial charge in [0.2, 0.25) is 15.9 Å². The molecule has 1 aromatic carbocycles. The number of aryl methyl sites for hydroxylation is 2. The zero-order chi connectivity index (χ0) is 20.9. The molecule has 0 aliphatic heterocycles. The van der Waals surface area contributed by atoms with Gasteiger partial charge in [0.1, 0.15) is 4.90 Å². The summed E-state index contributed by atoms with van der Waals surface area (Å²) in [4.78, 5) is 16.9. The van der Waals surface area contributed by atoms with Gasteiger partial charge in [-0.3, -0.25) is 4.79 Å². The number of carbonyl (C=O) groups is 1. The molecule has 0 fully saturated rings. The predicted molar refractivity (Wildman–Crippen MR) is 114 cm³/mol. The molecule has 152 valence electrons. The second-order valence-corrected chi connectivity index (χ2v) is 9.79. The van der Waals surface area contributed by atoms with Gasteiger partial charge in [0.15, 0.2) is 0 Å². The van der Waals surface area contributed by atoms with Crippen LogP contribution in [0.3, 0.4) is 0 Å². The Labute approximate surface area is 171 Å². The summed E-state index contributed by atoms with van der Waals surface area (Å²) in [5.41, 5.74) is 2.94. The van der Waals surface area contributed by atoms with Crippen LogP contribution in [0.2, 0.25) is 0 Å². The second kappa shape index (κ2) is 9.54. The van der Waals surface area contributed by atoms with Gasteiger partial charge >= 0.3 is 0 Å². The Morgan fingerprint density at radius 3 is 2.39 bits per heavy atom. The molecular weight excluding hydrogens is 394 g/mol. The molecular formula is C20H27N3O3S2. The van der Waals surface area contributed by atoms with Crippen molar-refractivity contribution in [3.8, 4) is 0 Å². The first kappa shape index (κ1) is 22.4. The van der Waals surface area contributed by atoms with E-state index >= 15 is 0 Å². The molecule has 2 aromatic rings. The highest BCUT2D eigenvalue weighted by molar-refractivity contribution is 8.00. The van der Waals surface area contributed by atoms with Crippen molar-refractivity contribution in [2.75, 3.05) is 18.4 Å². The number of thioether (sulfide) groups is 1. The van der Waals surface area contributed by atoms with Crippen LogP contribution in [-0.4, -0.2) is 42.0 Å². The minimum absolute atomic E-state index is 0.126. The fourth-order valence-electron chi connectivity index (χ4n) is 2.72. The first-order chi connectivity index (χ1) is 13.2. The number of hydrogen-bond acceptors (Lipinski definition) is 5. The summed E-state index contributed by atoms with van der Waals surface area (Å²) in [6.45, 7) is 10.2. The molecule has 1 atom stereocenters. The molecule has 1 unspecified atom stereocenters. The normalized spacial score (nSPS) is 12.8. The topological polar surface area (TPSA) is 79.4 Å². The van der Waals surface area contributed by atoms with Gasteiger partial charge in [0.25, 0.3) is 0 Å². The van der Waals surface area contributed by atoms with Crippen molar-refractivity contribution in [1.82, 2.24) is 9.29 Å². The van der Waals surface area contributed by atoms with Crippen molar-refractivity contribution in [3.05, 3.63) is 47.7 Å². The number of hydrogen-bond donors (Lipinski definition) is 1. The van der Waals surface area contributed by atoms with E-state index in [1.54, 1.807) is 26.8 Å². The third-order valence-electron chi connectivity index (χ3n) is 4.36. The molecule has 6 nitrogen and oxygen atoms in total. The molecule has 0 spiro atoms. The van der Waals surface area contributed by atoms with E-state index in [2.05, 4.69) is 10.3 Å². The molecule has 8 heteroatoms. The fraction of sp³-hybridized carbons (Fsp3) is 0.400. The van der Waals surface area contributed by atoms with E-state index in [1.165, 1.54) is 28.3 Å². The number of rotatable bonds is 8. The standard InChI is InChI=1S/C20H27N3O3S2/c1-6-23(7-2)28(25,26)17-9-11-19(21-13-17)27-16(5)20(24)22-18-10-8-14(3)12-15(18)4/h8-13,16H,6-7H2,1-5H3,(H,22,24). The Balaban J connectivity index is 2.06. The minimum Gasteiger partial charge on any atom is -0.325 e. The average Bonchev–Trinajstić information content (AvgIpc) is 2.65. The monoisotopic (exact) mass is 421 g/mol. The van der Waals surface area contributed by atoms with Gasteiger partial charge < -0.3 is 5.32 Å². The number of benzene rings is 1. The van der Waals surface area contributed by atoms with Crippen LogP contribution in [0.25, 0.3) is 0 Å². The summed E-state index contributed by atoms with van der Waals surface area (Å²) >= 11 is 1.29. The van der Waals surface area contributed by atoms with Crippen LogP contribution in [-0.2, 0) is 14.8 Å². The maximum Gasteiger partial charge on any atom is 0.244 e. The van der Waals surface area contributed by atoms with Crippen molar-refractivity contribution in [2.45, 2.75) is 49.8 Å². The predicted octanol–water partition coefficient (Wildman–Crippen LogP) is 3.85. The number of sulfonamides is 1. The van der Waals surface area contributed by atoms with E-state index in [9.17, 15) is 13.2 Å². The van der Waals surface area contributed by atoms with Gasteiger partial charge in [-0.05, 0) is 44.5 Å². The van der Waals surface area contributed by atoms with Crippen LogP contribution in [0.15, 0.2) is 46.5 Å². The molecule has 2 rings (SSSR count). The van der Waals surface area contributed by atoms with E-state index in [-0.39, 0.29) is 16.1 Å². The lowest BCUT2D eigenvalue weighted by Crippen LogP contribution is -2.30. The van der Waals surface area contributed by atoms with E-state index in [0.29, 0.717) is 18.1 Å². The fourth-order valence-corrected chi connectivity index (χ4v) is 4.92. The van der Waals surface area contributed by atoms with E-state index < -0.39 is 10.0 Å². The average molecular weight is 422 g/mol. The quantitative estimate of drug-likeness (QED) is 0.655. The highest BCUT2D eigenvalue weighted by Gasteiger charge is 2.22. The van der Waals surface area contributed by atoms with Crippen molar-refractivity contribution in [1.29, 1.82) is 0 Å². The third-order valence-corrected chi connectivity index (χ3v) is 7.44. The zero-order valence-corrected chi connectivity index (χ0v) is 18.5. The zero-order valence-electron chi connectivity index (χ0n) is 16.9. The second-order valence-electron chi connectivity index (χ2n) is 6.49. The number of carbonyl (C=O) groups excluding carboxylic acids is 1. The van der Waals surface area contributed by atoms with Crippen LogP contribution >= 0.6 is 11.8 Å². The summed E-state index contributed by atoms with van der Waals surface area (Å²) in [6, 6.07) is 9.05. The molecule has 0 saturated heterocycles.